The van der Waals surface area contributed by atoms with Gasteiger partial charge in [0.25, 0.3) is 0 Å². The number of benzene rings is 1. The molecule has 1 aliphatic heterocycles. The molecule has 1 N–H and O–H groups in total. The first kappa shape index (κ1) is 17.2. The number of nitrogens with zero attached hydrogens (tertiary/aromatic N) is 1. The van der Waals surface area contributed by atoms with Gasteiger partial charge in [-0.3, -0.25) is 9.69 Å². The first-order valence-corrected chi connectivity index (χ1v) is 10.8. The second-order valence-corrected chi connectivity index (χ2v) is 9.93. The van der Waals surface area contributed by atoms with Gasteiger partial charge >= 0.3 is 5.97 Å². The molecule has 1 aromatic carbocycles. The van der Waals surface area contributed by atoms with Crippen LogP contribution in [0.5, 0.6) is 0 Å². The Morgan fingerprint density at radius 1 is 1.16 bits per heavy atom. The Bertz CT molecular complexity index is 871. The number of aliphatic carboxylic acids is 1. The molecule has 0 saturated carbocycles. The average molecular weight is 436 g/mol. The maximum Gasteiger partial charge on any atom is 0.320 e. The van der Waals surface area contributed by atoms with Crippen molar-refractivity contribution in [1.82, 2.24) is 4.90 Å². The summed E-state index contributed by atoms with van der Waals surface area (Å²) in [5.74, 6) is -0.707. The largest absolute Gasteiger partial charge is 0.480 e. The zero-order chi connectivity index (χ0) is 17.4. The third-order valence-corrected chi connectivity index (χ3v) is 7.58. The van der Waals surface area contributed by atoms with Crippen molar-refractivity contribution in [1.29, 1.82) is 0 Å². The molecule has 0 amide bonds. The topological polar surface area (TPSA) is 40.5 Å². The molecule has 0 bridgehead atoms. The van der Waals surface area contributed by atoms with Crippen molar-refractivity contribution >= 4 is 54.7 Å². The molecule has 4 rings (SSSR count). The van der Waals surface area contributed by atoms with Gasteiger partial charge in [-0.15, -0.1) is 22.7 Å². The van der Waals surface area contributed by atoms with E-state index in [1.54, 1.807) is 22.7 Å². The Hall–Kier alpha value is -1.21. The van der Waals surface area contributed by atoms with Crippen LogP contribution in [-0.2, 0) is 4.79 Å². The molecule has 0 aliphatic carbocycles. The highest BCUT2D eigenvalue weighted by atomic mass is 79.9. The van der Waals surface area contributed by atoms with E-state index in [0.717, 1.165) is 29.6 Å². The number of halogens is 1. The Kier molecular flexibility index (Phi) is 4.95. The van der Waals surface area contributed by atoms with E-state index < -0.39 is 12.0 Å². The lowest BCUT2D eigenvalue weighted by atomic mass is 9.98. The number of thiophene rings is 2. The van der Waals surface area contributed by atoms with Gasteiger partial charge in [-0.25, -0.2) is 0 Å². The minimum atomic E-state index is -0.707. The van der Waals surface area contributed by atoms with E-state index in [0.29, 0.717) is 0 Å². The average Bonchev–Trinajstić information content (AvgIpc) is 3.22. The van der Waals surface area contributed by atoms with Crippen LogP contribution < -0.4 is 0 Å². The van der Waals surface area contributed by atoms with E-state index >= 15 is 0 Å². The summed E-state index contributed by atoms with van der Waals surface area (Å²) in [6.07, 6.45) is 2.77. The minimum Gasteiger partial charge on any atom is -0.480 e. The monoisotopic (exact) mass is 435 g/mol. The van der Waals surface area contributed by atoms with Gasteiger partial charge < -0.3 is 5.11 Å². The molecule has 3 heterocycles. The summed E-state index contributed by atoms with van der Waals surface area (Å²) >= 11 is 7.03. The maximum absolute atomic E-state index is 11.9. The number of carbonyl (C=O) groups is 1. The van der Waals surface area contributed by atoms with Gasteiger partial charge in [0, 0.05) is 14.5 Å². The molecule has 6 heteroatoms. The second-order valence-electron chi connectivity index (χ2n) is 6.32. The van der Waals surface area contributed by atoms with Crippen LogP contribution in [0.2, 0.25) is 0 Å². The highest BCUT2D eigenvalue weighted by Gasteiger charge is 2.36. The van der Waals surface area contributed by atoms with Crippen molar-refractivity contribution in [2.24, 2.45) is 0 Å². The molecule has 130 valence electrons. The number of carboxylic acid groups (broad SMARTS) is 1. The van der Waals surface area contributed by atoms with Crippen molar-refractivity contribution in [2.45, 2.75) is 31.3 Å². The van der Waals surface area contributed by atoms with Crippen LogP contribution in [0.15, 0.2) is 46.3 Å². The van der Waals surface area contributed by atoms with Crippen LogP contribution in [0, 0.1) is 0 Å². The molecule has 1 aliphatic rings. The second kappa shape index (κ2) is 7.19. The first-order valence-electron chi connectivity index (χ1n) is 8.36. The smallest absolute Gasteiger partial charge is 0.320 e. The van der Waals surface area contributed by atoms with Gasteiger partial charge in [-0.05, 0) is 65.0 Å². The minimum absolute atomic E-state index is 0.00935. The molecule has 1 fully saturated rings. The molecule has 25 heavy (non-hydrogen) atoms. The van der Waals surface area contributed by atoms with E-state index in [-0.39, 0.29) is 6.04 Å². The van der Waals surface area contributed by atoms with Gasteiger partial charge in [0.1, 0.15) is 6.04 Å². The summed E-state index contributed by atoms with van der Waals surface area (Å²) in [5, 5.41) is 11.0. The summed E-state index contributed by atoms with van der Waals surface area (Å²) in [5.41, 5.74) is 0. The number of fused-ring (bicyclic) bond motifs is 1. The number of piperidine rings is 1. The number of hydrogen-bond donors (Lipinski definition) is 1. The van der Waals surface area contributed by atoms with Crippen molar-refractivity contribution in [3.63, 3.8) is 0 Å². The van der Waals surface area contributed by atoms with Crippen LogP contribution in [0.25, 0.3) is 10.1 Å². The molecule has 1 saturated heterocycles. The standard InChI is InChI=1S/C19H18BrNO2S2/c20-17-9-8-15(25-17)18(21-10-4-3-6-13(21)19(22)23)16-11-12-5-1-2-7-14(12)24-16/h1-2,5,7-9,11,13,18H,3-4,6,10H2,(H,22,23). The van der Waals surface area contributed by atoms with E-state index in [4.69, 9.17) is 0 Å². The van der Waals surface area contributed by atoms with Gasteiger partial charge in [0.15, 0.2) is 0 Å². The molecular weight excluding hydrogens is 418 g/mol. The number of likely N-dealkylation sites (tertiary alicyclic amines) is 1. The highest BCUT2D eigenvalue weighted by Crippen LogP contribution is 2.42. The van der Waals surface area contributed by atoms with E-state index in [1.807, 2.05) is 0 Å². The lowest BCUT2D eigenvalue weighted by molar-refractivity contribution is -0.145. The molecule has 2 aromatic heterocycles. The number of rotatable bonds is 4. The van der Waals surface area contributed by atoms with Gasteiger partial charge in [0.05, 0.1) is 9.83 Å². The molecule has 0 spiro atoms. The van der Waals surface area contributed by atoms with Gasteiger partial charge in [0.2, 0.25) is 0 Å². The number of carboxylic acids is 1. The van der Waals surface area contributed by atoms with Crippen molar-refractivity contribution in [2.75, 3.05) is 6.54 Å². The zero-order valence-corrected chi connectivity index (χ0v) is 16.7. The summed E-state index contributed by atoms with van der Waals surface area (Å²) in [6, 6.07) is 14.4. The van der Waals surface area contributed by atoms with Crippen molar-refractivity contribution < 1.29 is 9.90 Å². The third kappa shape index (κ3) is 3.40. The normalized spacial score (nSPS) is 20.0. The van der Waals surface area contributed by atoms with Crippen LogP contribution in [0.4, 0.5) is 0 Å². The molecular formula is C19H18BrNO2S2. The Labute approximate surface area is 163 Å². The zero-order valence-electron chi connectivity index (χ0n) is 13.5. The Balaban J connectivity index is 1.82. The lowest BCUT2D eigenvalue weighted by Crippen LogP contribution is -2.46. The van der Waals surface area contributed by atoms with Crippen LogP contribution >= 0.6 is 38.6 Å². The SMILES string of the molecule is O=C(O)C1CCCCN1C(c1ccc(Br)s1)c1cc2ccccc2s1. The van der Waals surface area contributed by atoms with E-state index in [1.165, 1.54) is 19.8 Å². The third-order valence-electron chi connectivity index (χ3n) is 4.74. The van der Waals surface area contributed by atoms with Crippen LogP contribution in [-0.4, -0.2) is 28.6 Å². The number of hydrogen-bond acceptors (Lipinski definition) is 4. The van der Waals surface area contributed by atoms with Gasteiger partial charge in [-0.1, -0.05) is 24.6 Å². The van der Waals surface area contributed by atoms with Crippen LogP contribution in [0.3, 0.4) is 0 Å². The van der Waals surface area contributed by atoms with Gasteiger partial charge in [-0.2, -0.15) is 0 Å². The maximum atomic E-state index is 11.9. The molecule has 3 aromatic rings. The predicted molar refractivity (Wildman–Crippen MR) is 108 cm³/mol. The van der Waals surface area contributed by atoms with Crippen LogP contribution in [0.1, 0.15) is 35.1 Å². The van der Waals surface area contributed by atoms with E-state index in [9.17, 15) is 9.90 Å². The summed E-state index contributed by atoms with van der Waals surface area (Å²) < 4.78 is 2.33. The lowest BCUT2D eigenvalue weighted by Gasteiger charge is -2.38. The fourth-order valence-corrected chi connectivity index (χ4v) is 6.45. The fraction of sp³-hybridized carbons (Fsp3) is 0.316. The highest BCUT2D eigenvalue weighted by molar-refractivity contribution is 9.11. The Morgan fingerprint density at radius 3 is 2.72 bits per heavy atom. The van der Waals surface area contributed by atoms with Crippen molar-refractivity contribution in [3.8, 4) is 0 Å². The summed E-state index contributed by atoms with van der Waals surface area (Å²) in [6.45, 7) is 0.825. The molecule has 2 unspecified atom stereocenters. The molecule has 0 radical (unpaired) electrons. The first-order chi connectivity index (χ1) is 12.1. The van der Waals surface area contributed by atoms with Crippen molar-refractivity contribution in [3.05, 3.63) is 56.0 Å². The van der Waals surface area contributed by atoms with E-state index in [2.05, 4.69) is 63.3 Å². The summed E-state index contributed by atoms with van der Waals surface area (Å²) in [7, 11) is 0. The molecule has 2 atom stereocenters. The quantitative estimate of drug-likeness (QED) is 0.566. The predicted octanol–water partition coefficient (Wildman–Crippen LogP) is 5.75. The fourth-order valence-electron chi connectivity index (χ4n) is 3.61. The summed E-state index contributed by atoms with van der Waals surface area (Å²) in [4.78, 5) is 16.5. The molecule has 3 nitrogen and oxygen atoms in total. The Morgan fingerprint density at radius 2 is 2.00 bits per heavy atom.